The maximum Gasteiger partial charge on any atom is 0.233 e. The molecule has 0 N–H and O–H groups in total. The minimum Gasteiger partial charge on any atom is -0.381 e. The van der Waals surface area contributed by atoms with Crippen LogP contribution in [0.4, 0.5) is 0 Å². The number of piperidine rings is 1. The minimum atomic E-state index is 0.0229. The van der Waals surface area contributed by atoms with E-state index in [1.807, 2.05) is 0 Å². The van der Waals surface area contributed by atoms with Crippen molar-refractivity contribution in [2.45, 2.75) is 19.3 Å². The molecule has 0 aromatic rings. The van der Waals surface area contributed by atoms with Crippen LogP contribution in [0, 0.1) is 17.3 Å². The molecule has 17 heavy (non-hydrogen) atoms. The lowest BCUT2D eigenvalue weighted by Crippen LogP contribution is -2.46. The number of halogens is 1. The fourth-order valence-corrected chi connectivity index (χ4v) is 3.62. The van der Waals surface area contributed by atoms with Gasteiger partial charge in [-0.15, -0.1) is 0 Å². The predicted molar refractivity (Wildman–Crippen MR) is 64.6 cm³/mol. The Morgan fingerprint density at radius 2 is 1.82 bits per heavy atom. The number of rotatable bonds is 3. The highest BCUT2D eigenvalue weighted by atomic mass is 79.9. The minimum absolute atomic E-state index is 0.0229. The first-order chi connectivity index (χ1) is 8.17. The number of carbonyl (C=O) groups is 2. The largest absolute Gasteiger partial charge is 0.381 e. The van der Waals surface area contributed by atoms with E-state index in [-0.39, 0.29) is 29.1 Å². The number of fused-ring (bicyclic) bond motifs is 1. The molecule has 2 heterocycles. The van der Waals surface area contributed by atoms with Gasteiger partial charge in [0.25, 0.3) is 0 Å². The molecule has 0 aromatic carbocycles. The van der Waals surface area contributed by atoms with Crippen molar-refractivity contribution >= 4 is 27.7 Å². The van der Waals surface area contributed by atoms with E-state index >= 15 is 0 Å². The summed E-state index contributed by atoms with van der Waals surface area (Å²) in [5, 5.41) is 0.829. The van der Waals surface area contributed by atoms with Crippen molar-refractivity contribution in [3.63, 3.8) is 0 Å². The van der Waals surface area contributed by atoms with Gasteiger partial charge in [0.1, 0.15) is 0 Å². The van der Waals surface area contributed by atoms with Gasteiger partial charge < -0.3 is 4.74 Å². The molecule has 2 atom stereocenters. The van der Waals surface area contributed by atoms with Crippen LogP contribution in [-0.2, 0) is 14.3 Å². The second-order valence-corrected chi connectivity index (χ2v) is 6.02. The van der Waals surface area contributed by atoms with Crippen LogP contribution in [0.2, 0.25) is 0 Å². The van der Waals surface area contributed by atoms with Crippen molar-refractivity contribution < 1.29 is 14.3 Å². The van der Waals surface area contributed by atoms with E-state index < -0.39 is 0 Å². The van der Waals surface area contributed by atoms with Gasteiger partial charge in [0.15, 0.2) is 0 Å². The van der Waals surface area contributed by atoms with Crippen LogP contribution >= 0.6 is 15.9 Å². The second-order valence-electron chi connectivity index (χ2n) is 5.46. The molecule has 0 bridgehead atoms. The summed E-state index contributed by atoms with van der Waals surface area (Å²) in [6.07, 6.45) is 2.63. The van der Waals surface area contributed by atoms with E-state index in [0.29, 0.717) is 6.54 Å². The molecule has 3 fully saturated rings. The number of likely N-dealkylation sites (tertiary alicyclic amines) is 1. The topological polar surface area (TPSA) is 46.6 Å². The molecule has 94 valence electrons. The van der Waals surface area contributed by atoms with E-state index in [1.165, 1.54) is 4.90 Å². The molecule has 3 aliphatic rings. The van der Waals surface area contributed by atoms with E-state index in [2.05, 4.69) is 15.9 Å². The molecular weight excluding hydrogens is 286 g/mol. The van der Waals surface area contributed by atoms with Crippen LogP contribution in [0.1, 0.15) is 19.3 Å². The van der Waals surface area contributed by atoms with Gasteiger partial charge in [-0.2, -0.15) is 0 Å². The standard InChI is InChI=1S/C12H16BrNO3/c13-6-12(1-3-17-4-2-12)7-14-10(15)8-5-9(8)11(14)16/h8-9H,1-7H2. The lowest BCUT2D eigenvalue weighted by Gasteiger charge is -2.38. The van der Waals surface area contributed by atoms with E-state index in [1.54, 1.807) is 0 Å². The Labute approximate surface area is 109 Å². The highest BCUT2D eigenvalue weighted by Crippen LogP contribution is 2.48. The Kier molecular flexibility index (Phi) is 2.78. The molecule has 2 amide bonds. The summed E-state index contributed by atoms with van der Waals surface area (Å²) in [7, 11) is 0. The third kappa shape index (κ3) is 1.83. The predicted octanol–water partition coefficient (Wildman–Crippen LogP) is 1.18. The molecule has 0 radical (unpaired) electrons. The first-order valence-electron chi connectivity index (χ1n) is 6.16. The van der Waals surface area contributed by atoms with Crippen LogP contribution in [0.15, 0.2) is 0 Å². The van der Waals surface area contributed by atoms with Crippen LogP contribution in [0.3, 0.4) is 0 Å². The smallest absolute Gasteiger partial charge is 0.233 e. The van der Waals surface area contributed by atoms with Crippen LogP contribution in [0.25, 0.3) is 0 Å². The second kappa shape index (κ2) is 4.05. The van der Waals surface area contributed by atoms with Gasteiger partial charge >= 0.3 is 0 Å². The van der Waals surface area contributed by atoms with E-state index in [4.69, 9.17) is 4.74 Å². The molecule has 2 aliphatic heterocycles. The van der Waals surface area contributed by atoms with Crippen molar-refractivity contribution in [2.24, 2.45) is 17.3 Å². The molecule has 0 spiro atoms. The van der Waals surface area contributed by atoms with Crippen LogP contribution in [-0.4, -0.2) is 41.8 Å². The third-order valence-electron chi connectivity index (χ3n) is 4.29. The number of amides is 2. The summed E-state index contributed by atoms with van der Waals surface area (Å²) in [6, 6.07) is 0. The molecule has 1 saturated carbocycles. The Balaban J connectivity index is 1.73. The fraction of sp³-hybridized carbons (Fsp3) is 0.833. The molecule has 4 nitrogen and oxygen atoms in total. The number of carbonyl (C=O) groups excluding carboxylic acids is 2. The quantitative estimate of drug-likeness (QED) is 0.581. The maximum atomic E-state index is 11.9. The lowest BCUT2D eigenvalue weighted by atomic mass is 9.82. The summed E-state index contributed by atoms with van der Waals surface area (Å²) < 4.78 is 5.37. The summed E-state index contributed by atoms with van der Waals surface area (Å²) in [5.74, 6) is 0.170. The van der Waals surface area contributed by atoms with Crippen molar-refractivity contribution in [3.8, 4) is 0 Å². The van der Waals surface area contributed by atoms with Gasteiger partial charge in [-0.25, -0.2) is 0 Å². The normalized spacial score (nSPS) is 35.0. The first-order valence-corrected chi connectivity index (χ1v) is 7.28. The zero-order valence-corrected chi connectivity index (χ0v) is 11.2. The third-order valence-corrected chi connectivity index (χ3v) is 5.48. The van der Waals surface area contributed by atoms with Crippen molar-refractivity contribution in [2.75, 3.05) is 25.1 Å². The maximum absolute atomic E-state index is 11.9. The summed E-state index contributed by atoms with van der Waals surface area (Å²) in [4.78, 5) is 25.4. The van der Waals surface area contributed by atoms with Gasteiger partial charge in [0, 0.05) is 30.5 Å². The number of hydrogen-bond donors (Lipinski definition) is 0. The Bertz CT molecular complexity index is 345. The van der Waals surface area contributed by atoms with Crippen molar-refractivity contribution in [1.29, 1.82) is 0 Å². The van der Waals surface area contributed by atoms with Gasteiger partial charge in [0.05, 0.1) is 11.8 Å². The lowest BCUT2D eigenvalue weighted by molar-refractivity contribution is -0.144. The summed E-state index contributed by atoms with van der Waals surface area (Å²) in [5.41, 5.74) is 0.0281. The Hall–Kier alpha value is -0.420. The molecule has 1 aliphatic carbocycles. The van der Waals surface area contributed by atoms with Crippen LogP contribution in [0.5, 0.6) is 0 Å². The average molecular weight is 302 g/mol. The van der Waals surface area contributed by atoms with Crippen molar-refractivity contribution in [3.05, 3.63) is 0 Å². The van der Waals surface area contributed by atoms with Gasteiger partial charge in [-0.1, -0.05) is 15.9 Å². The number of nitrogens with zero attached hydrogens (tertiary/aromatic N) is 1. The van der Waals surface area contributed by atoms with Gasteiger partial charge in [-0.05, 0) is 19.3 Å². The number of imide groups is 1. The molecule has 2 saturated heterocycles. The highest BCUT2D eigenvalue weighted by molar-refractivity contribution is 9.09. The highest BCUT2D eigenvalue weighted by Gasteiger charge is 2.59. The average Bonchev–Trinajstić information content (AvgIpc) is 3.11. The fourth-order valence-electron chi connectivity index (χ4n) is 2.88. The summed E-state index contributed by atoms with van der Waals surface area (Å²) in [6.45, 7) is 2.04. The number of alkyl halides is 1. The summed E-state index contributed by atoms with van der Waals surface area (Å²) >= 11 is 3.54. The van der Waals surface area contributed by atoms with Crippen LogP contribution < -0.4 is 0 Å². The van der Waals surface area contributed by atoms with Crippen molar-refractivity contribution in [1.82, 2.24) is 4.90 Å². The van der Waals surface area contributed by atoms with Gasteiger partial charge in [-0.3, -0.25) is 14.5 Å². The van der Waals surface area contributed by atoms with E-state index in [9.17, 15) is 9.59 Å². The molecule has 2 unspecified atom stereocenters. The Morgan fingerprint density at radius 1 is 1.24 bits per heavy atom. The zero-order valence-electron chi connectivity index (χ0n) is 9.65. The molecular formula is C12H16BrNO3. The van der Waals surface area contributed by atoms with Gasteiger partial charge in [0.2, 0.25) is 11.8 Å². The zero-order chi connectivity index (χ0) is 12.0. The molecule has 3 rings (SSSR count). The number of ether oxygens (including phenoxy) is 1. The molecule has 0 aromatic heterocycles. The number of hydrogen-bond acceptors (Lipinski definition) is 3. The SMILES string of the molecule is O=C1C2CC2C(=O)N1CC1(CBr)CCOCC1. The Morgan fingerprint density at radius 3 is 2.35 bits per heavy atom. The van der Waals surface area contributed by atoms with E-state index in [0.717, 1.165) is 37.8 Å². The monoisotopic (exact) mass is 301 g/mol. The first kappa shape index (κ1) is 11.7. The molecule has 5 heteroatoms.